The Hall–Kier alpha value is -1.46. The largest absolute Gasteiger partial charge is 0.381 e. The summed E-state index contributed by atoms with van der Waals surface area (Å²) in [5.74, 6) is 2.12. The minimum absolute atomic E-state index is 0.214. The van der Waals surface area contributed by atoms with E-state index in [-0.39, 0.29) is 5.91 Å². The Balaban J connectivity index is 1.38. The fraction of sp³-hybridized carbons (Fsp3) is 0.714. The average molecular weight is 357 g/mol. The van der Waals surface area contributed by atoms with Crippen molar-refractivity contribution in [2.45, 2.75) is 44.6 Å². The molecule has 0 spiro atoms. The van der Waals surface area contributed by atoms with Crippen molar-refractivity contribution in [3.63, 3.8) is 0 Å². The molecule has 2 saturated heterocycles. The molecule has 2 aliphatic heterocycles. The molecule has 1 saturated carbocycles. The fourth-order valence-corrected chi connectivity index (χ4v) is 4.58. The van der Waals surface area contributed by atoms with Gasteiger partial charge in [-0.25, -0.2) is 0 Å². The summed E-state index contributed by atoms with van der Waals surface area (Å²) in [6.07, 6.45) is 8.70. The van der Waals surface area contributed by atoms with Gasteiger partial charge < -0.3 is 9.64 Å². The van der Waals surface area contributed by atoms with E-state index < -0.39 is 0 Å². The molecule has 0 N–H and O–H groups in total. The summed E-state index contributed by atoms with van der Waals surface area (Å²) >= 11 is 0. The maximum absolute atomic E-state index is 11.6. The molecular weight excluding hydrogens is 326 g/mol. The van der Waals surface area contributed by atoms with Crippen LogP contribution in [0.15, 0.2) is 24.5 Å². The van der Waals surface area contributed by atoms with E-state index in [1.807, 2.05) is 17.3 Å². The van der Waals surface area contributed by atoms with Gasteiger partial charge in [0.15, 0.2) is 0 Å². The molecule has 3 fully saturated rings. The molecule has 3 heterocycles. The second kappa shape index (κ2) is 8.05. The Bertz CT molecular complexity index is 597. The van der Waals surface area contributed by atoms with Gasteiger partial charge in [-0.05, 0) is 49.3 Å². The molecule has 2 unspecified atom stereocenters. The summed E-state index contributed by atoms with van der Waals surface area (Å²) < 4.78 is 6.08. The van der Waals surface area contributed by atoms with E-state index in [4.69, 9.17) is 4.74 Å². The van der Waals surface area contributed by atoms with Crippen molar-refractivity contribution in [3.8, 4) is 0 Å². The van der Waals surface area contributed by atoms with Crippen LogP contribution in [0.5, 0.6) is 0 Å². The maximum atomic E-state index is 11.6. The van der Waals surface area contributed by atoms with Crippen molar-refractivity contribution < 1.29 is 9.53 Å². The molecule has 0 aromatic carbocycles. The summed E-state index contributed by atoms with van der Waals surface area (Å²) in [6, 6.07) is 4.93. The SMILES string of the molecule is CC(=O)N1CCC(N2CC(COCC3CC3)C(c3ccncc3)C2)CC1. The number of carbonyl (C=O) groups is 1. The molecule has 4 rings (SSSR count). The lowest BCUT2D eigenvalue weighted by Gasteiger charge is -2.36. The first-order chi connectivity index (χ1) is 12.7. The number of hydrogen-bond acceptors (Lipinski definition) is 4. The van der Waals surface area contributed by atoms with Crippen LogP contribution in [0.2, 0.25) is 0 Å². The standard InChI is InChI=1S/C21H31N3O2/c1-16(25)23-10-6-20(7-11-23)24-12-19(15-26-14-17-2-3-17)21(13-24)18-4-8-22-9-5-18/h4-5,8-9,17,19-21H,2-3,6-7,10-15H2,1H3. The van der Waals surface area contributed by atoms with Gasteiger partial charge in [0.25, 0.3) is 0 Å². The van der Waals surface area contributed by atoms with Crippen LogP contribution in [0.25, 0.3) is 0 Å². The smallest absolute Gasteiger partial charge is 0.219 e. The van der Waals surface area contributed by atoms with Gasteiger partial charge in [0.2, 0.25) is 5.91 Å². The predicted octanol–water partition coefficient (Wildman–Crippen LogP) is 2.53. The van der Waals surface area contributed by atoms with Crippen LogP contribution in [-0.2, 0) is 9.53 Å². The topological polar surface area (TPSA) is 45.7 Å². The van der Waals surface area contributed by atoms with Gasteiger partial charge in [-0.2, -0.15) is 0 Å². The van der Waals surface area contributed by atoms with Crippen molar-refractivity contribution in [3.05, 3.63) is 30.1 Å². The van der Waals surface area contributed by atoms with E-state index in [9.17, 15) is 4.79 Å². The first kappa shape index (κ1) is 17.9. The zero-order chi connectivity index (χ0) is 17.9. The van der Waals surface area contributed by atoms with E-state index >= 15 is 0 Å². The predicted molar refractivity (Wildman–Crippen MR) is 101 cm³/mol. The van der Waals surface area contributed by atoms with Crippen molar-refractivity contribution in [1.82, 2.24) is 14.8 Å². The maximum Gasteiger partial charge on any atom is 0.219 e. The summed E-state index contributed by atoms with van der Waals surface area (Å²) in [5.41, 5.74) is 1.39. The lowest BCUT2D eigenvalue weighted by Crippen LogP contribution is -2.45. The molecular formula is C21H31N3O2. The molecule has 142 valence electrons. The minimum atomic E-state index is 0.214. The molecule has 5 nitrogen and oxygen atoms in total. The number of nitrogens with zero attached hydrogens (tertiary/aromatic N) is 3. The number of carbonyl (C=O) groups excluding carboxylic acids is 1. The third-order valence-corrected chi connectivity index (χ3v) is 6.41. The summed E-state index contributed by atoms with van der Waals surface area (Å²) in [5, 5.41) is 0. The molecule has 1 aromatic rings. The highest BCUT2D eigenvalue weighted by molar-refractivity contribution is 5.73. The normalized spacial score (nSPS) is 27.8. The van der Waals surface area contributed by atoms with Crippen molar-refractivity contribution in [2.24, 2.45) is 11.8 Å². The number of pyridine rings is 1. The number of likely N-dealkylation sites (tertiary alicyclic amines) is 2. The van der Waals surface area contributed by atoms with E-state index in [0.29, 0.717) is 17.9 Å². The van der Waals surface area contributed by atoms with Crippen LogP contribution >= 0.6 is 0 Å². The highest BCUT2D eigenvalue weighted by Crippen LogP contribution is 2.36. The van der Waals surface area contributed by atoms with Crippen molar-refractivity contribution in [2.75, 3.05) is 39.4 Å². The summed E-state index contributed by atoms with van der Waals surface area (Å²) in [6.45, 7) is 7.51. The van der Waals surface area contributed by atoms with Gasteiger partial charge in [-0.15, -0.1) is 0 Å². The van der Waals surface area contributed by atoms with Crippen molar-refractivity contribution >= 4 is 5.91 Å². The second-order valence-corrected chi connectivity index (χ2v) is 8.32. The van der Waals surface area contributed by atoms with E-state index in [1.54, 1.807) is 6.92 Å². The van der Waals surface area contributed by atoms with Crippen molar-refractivity contribution in [1.29, 1.82) is 0 Å². The lowest BCUT2D eigenvalue weighted by molar-refractivity contribution is -0.130. The zero-order valence-corrected chi connectivity index (χ0v) is 15.8. The zero-order valence-electron chi connectivity index (χ0n) is 15.8. The minimum Gasteiger partial charge on any atom is -0.381 e. The van der Waals surface area contributed by atoms with Crippen LogP contribution in [0.1, 0.15) is 44.1 Å². The van der Waals surface area contributed by atoms with Gasteiger partial charge in [0, 0.05) is 70.0 Å². The Morgan fingerprint density at radius 3 is 2.50 bits per heavy atom. The summed E-state index contributed by atoms with van der Waals surface area (Å²) in [4.78, 5) is 20.4. The van der Waals surface area contributed by atoms with Gasteiger partial charge in [0.1, 0.15) is 0 Å². The van der Waals surface area contributed by atoms with Crippen LogP contribution < -0.4 is 0 Å². The quantitative estimate of drug-likeness (QED) is 0.785. The molecule has 1 aliphatic carbocycles. The first-order valence-corrected chi connectivity index (χ1v) is 10.2. The third-order valence-electron chi connectivity index (χ3n) is 6.41. The number of amides is 1. The molecule has 0 radical (unpaired) electrons. The van der Waals surface area contributed by atoms with Crippen LogP contribution in [0, 0.1) is 11.8 Å². The van der Waals surface area contributed by atoms with E-state index in [1.165, 1.54) is 18.4 Å². The Kier molecular flexibility index (Phi) is 5.55. The van der Waals surface area contributed by atoms with Crippen LogP contribution in [0.3, 0.4) is 0 Å². The molecule has 1 aromatic heterocycles. The van der Waals surface area contributed by atoms with Gasteiger partial charge in [0.05, 0.1) is 6.61 Å². The number of aromatic nitrogens is 1. The van der Waals surface area contributed by atoms with Crippen LogP contribution in [0.4, 0.5) is 0 Å². The molecule has 26 heavy (non-hydrogen) atoms. The molecule has 0 bridgehead atoms. The third kappa shape index (κ3) is 4.26. The highest BCUT2D eigenvalue weighted by atomic mass is 16.5. The van der Waals surface area contributed by atoms with E-state index in [2.05, 4.69) is 22.0 Å². The highest BCUT2D eigenvalue weighted by Gasteiger charge is 2.38. The van der Waals surface area contributed by atoms with Gasteiger partial charge >= 0.3 is 0 Å². The Morgan fingerprint density at radius 1 is 1.12 bits per heavy atom. The lowest BCUT2D eigenvalue weighted by atomic mass is 9.90. The van der Waals surface area contributed by atoms with Gasteiger partial charge in [-0.3, -0.25) is 14.7 Å². The molecule has 2 atom stereocenters. The second-order valence-electron chi connectivity index (χ2n) is 8.32. The van der Waals surface area contributed by atoms with Gasteiger partial charge in [-0.1, -0.05) is 0 Å². The number of hydrogen-bond donors (Lipinski definition) is 0. The molecule has 1 amide bonds. The van der Waals surface area contributed by atoms with E-state index in [0.717, 1.165) is 58.2 Å². The number of ether oxygens (including phenoxy) is 1. The molecule has 3 aliphatic rings. The Labute approximate surface area is 156 Å². The average Bonchev–Trinajstić information content (AvgIpc) is 3.40. The fourth-order valence-electron chi connectivity index (χ4n) is 4.58. The summed E-state index contributed by atoms with van der Waals surface area (Å²) in [7, 11) is 0. The van der Waals surface area contributed by atoms with Crippen LogP contribution in [-0.4, -0.2) is 66.1 Å². The first-order valence-electron chi connectivity index (χ1n) is 10.2. The number of rotatable bonds is 6. The monoisotopic (exact) mass is 357 g/mol. The Morgan fingerprint density at radius 2 is 1.85 bits per heavy atom. The molecule has 5 heteroatoms. The number of piperidine rings is 1.